The summed E-state index contributed by atoms with van der Waals surface area (Å²) < 4.78 is 0. The zero-order chi connectivity index (χ0) is 14.8. The number of hydrogen-bond acceptors (Lipinski definition) is 3. The Kier molecular flexibility index (Phi) is 8.46. The Bertz CT molecular complexity index is 388. The number of carbonyl (C=O) groups excluding carboxylic acids is 2. The third-order valence-corrected chi connectivity index (χ3v) is 2.50. The maximum atomic E-state index is 11.5. The molecule has 0 aliphatic carbocycles. The molecule has 2 unspecified atom stereocenters. The van der Waals surface area contributed by atoms with E-state index in [-0.39, 0.29) is 11.7 Å². The first kappa shape index (κ1) is 17.3. The molecule has 0 radical (unpaired) electrons. The monoisotopic (exact) mass is 264 g/mol. The zero-order valence-electron chi connectivity index (χ0n) is 12.1. The average Bonchev–Trinajstić information content (AvgIpc) is 2.41. The molecule has 1 aromatic carbocycles. The first-order valence-corrected chi connectivity index (χ1v) is 6.61. The largest absolute Gasteiger partial charge is 0.345 e. The van der Waals surface area contributed by atoms with E-state index in [0.717, 1.165) is 5.56 Å². The number of amides is 1. The minimum absolute atomic E-state index is 0.0668. The van der Waals surface area contributed by atoms with Crippen molar-refractivity contribution in [3.05, 3.63) is 35.9 Å². The van der Waals surface area contributed by atoms with E-state index < -0.39 is 12.1 Å². The Balaban J connectivity index is 0.00000154. The zero-order valence-corrected chi connectivity index (χ0v) is 12.1. The van der Waals surface area contributed by atoms with Crippen molar-refractivity contribution in [3.8, 4) is 0 Å². The van der Waals surface area contributed by atoms with Crippen LogP contribution in [-0.4, -0.2) is 23.8 Å². The maximum absolute atomic E-state index is 11.5. The highest BCUT2D eigenvalue weighted by Crippen LogP contribution is 2.04. The molecule has 0 saturated carbocycles. The fourth-order valence-corrected chi connectivity index (χ4v) is 1.45. The van der Waals surface area contributed by atoms with Crippen LogP contribution in [0.4, 0.5) is 0 Å². The molecule has 0 fully saturated rings. The summed E-state index contributed by atoms with van der Waals surface area (Å²) in [5.74, 6) is -0.371. The Morgan fingerprint density at radius 2 is 1.74 bits per heavy atom. The quantitative estimate of drug-likeness (QED) is 0.850. The number of carbonyl (C=O) groups is 2. The van der Waals surface area contributed by atoms with Gasteiger partial charge in [-0.25, -0.2) is 0 Å². The minimum Gasteiger partial charge on any atom is -0.345 e. The van der Waals surface area contributed by atoms with Gasteiger partial charge < -0.3 is 11.1 Å². The molecule has 0 aromatic heterocycles. The van der Waals surface area contributed by atoms with Gasteiger partial charge in [0.05, 0.1) is 12.1 Å². The second-order valence-corrected chi connectivity index (χ2v) is 4.15. The Morgan fingerprint density at radius 3 is 2.16 bits per heavy atom. The summed E-state index contributed by atoms with van der Waals surface area (Å²) >= 11 is 0. The van der Waals surface area contributed by atoms with Crippen molar-refractivity contribution in [2.75, 3.05) is 0 Å². The van der Waals surface area contributed by atoms with Gasteiger partial charge >= 0.3 is 0 Å². The predicted octanol–water partition coefficient (Wildman–Crippen LogP) is 1.68. The third kappa shape index (κ3) is 6.72. The fraction of sp³-hybridized carbons (Fsp3) is 0.467. The number of benzene rings is 1. The Hall–Kier alpha value is -1.68. The summed E-state index contributed by atoms with van der Waals surface area (Å²) in [6.07, 6.45) is 0.495. The lowest BCUT2D eigenvalue weighted by Crippen LogP contribution is -2.47. The van der Waals surface area contributed by atoms with Crippen LogP contribution < -0.4 is 11.1 Å². The van der Waals surface area contributed by atoms with Gasteiger partial charge in [-0.15, -0.1) is 0 Å². The number of Topliss-reactive ketones (excluding diaryl/α,β-unsaturated/α-hetero) is 1. The molecule has 4 heteroatoms. The van der Waals surface area contributed by atoms with Crippen LogP contribution in [0.25, 0.3) is 0 Å². The molecule has 2 atom stereocenters. The lowest BCUT2D eigenvalue weighted by atomic mass is 10.0. The van der Waals surface area contributed by atoms with Crippen LogP contribution in [-0.2, 0) is 16.0 Å². The molecule has 0 saturated heterocycles. The number of nitrogens with two attached hydrogens (primary N) is 1. The van der Waals surface area contributed by atoms with E-state index in [0.29, 0.717) is 6.42 Å². The smallest absolute Gasteiger partial charge is 0.237 e. The molecule has 0 heterocycles. The Morgan fingerprint density at radius 1 is 1.21 bits per heavy atom. The topological polar surface area (TPSA) is 72.2 Å². The summed E-state index contributed by atoms with van der Waals surface area (Å²) in [7, 11) is 0. The van der Waals surface area contributed by atoms with Crippen LogP contribution in [0.15, 0.2) is 30.3 Å². The summed E-state index contributed by atoms with van der Waals surface area (Å²) in [5.41, 5.74) is 6.47. The molecule has 106 valence electrons. The second-order valence-electron chi connectivity index (χ2n) is 4.15. The molecule has 0 aliphatic heterocycles. The maximum Gasteiger partial charge on any atom is 0.237 e. The van der Waals surface area contributed by atoms with Crippen LogP contribution in [0.3, 0.4) is 0 Å². The molecular formula is C15H24N2O2. The van der Waals surface area contributed by atoms with Crippen LogP contribution in [0.5, 0.6) is 0 Å². The van der Waals surface area contributed by atoms with Crippen molar-refractivity contribution < 1.29 is 9.59 Å². The van der Waals surface area contributed by atoms with E-state index in [4.69, 9.17) is 5.73 Å². The standard InChI is InChI=1S/C13H18N2O2.C2H6/c1-9(14)13(17)15-12(10(2)16)8-11-6-4-3-5-7-11;1-2/h3-7,9,12H,8,14H2,1-2H3,(H,15,17);1-2H3. The molecule has 4 nitrogen and oxygen atoms in total. The first-order valence-electron chi connectivity index (χ1n) is 6.61. The van der Waals surface area contributed by atoms with Gasteiger partial charge in [0.1, 0.15) is 0 Å². The van der Waals surface area contributed by atoms with E-state index in [2.05, 4.69) is 5.32 Å². The van der Waals surface area contributed by atoms with Crippen LogP contribution in [0.2, 0.25) is 0 Å². The van der Waals surface area contributed by atoms with Crippen LogP contribution in [0.1, 0.15) is 33.3 Å². The highest BCUT2D eigenvalue weighted by Gasteiger charge is 2.19. The summed E-state index contributed by atoms with van der Waals surface area (Å²) in [6, 6.07) is 8.46. The van der Waals surface area contributed by atoms with E-state index in [9.17, 15) is 9.59 Å². The minimum atomic E-state index is -0.604. The van der Waals surface area contributed by atoms with E-state index >= 15 is 0 Å². The number of nitrogens with one attached hydrogen (secondary N) is 1. The SMILES string of the molecule is CC.CC(=O)C(Cc1ccccc1)NC(=O)C(C)N. The van der Waals surface area contributed by atoms with Crippen LogP contribution in [0, 0.1) is 0 Å². The van der Waals surface area contributed by atoms with Crippen molar-refractivity contribution in [3.63, 3.8) is 0 Å². The van der Waals surface area contributed by atoms with Gasteiger partial charge in [0.2, 0.25) is 5.91 Å². The van der Waals surface area contributed by atoms with Crippen molar-refractivity contribution in [1.82, 2.24) is 5.32 Å². The van der Waals surface area contributed by atoms with Gasteiger partial charge in [-0.05, 0) is 25.8 Å². The molecule has 19 heavy (non-hydrogen) atoms. The summed E-state index contributed by atoms with van der Waals surface area (Å²) in [4.78, 5) is 22.9. The van der Waals surface area contributed by atoms with Crippen molar-refractivity contribution in [2.45, 2.75) is 46.2 Å². The molecule has 1 rings (SSSR count). The van der Waals surface area contributed by atoms with Crippen molar-refractivity contribution in [2.24, 2.45) is 5.73 Å². The van der Waals surface area contributed by atoms with E-state index in [1.54, 1.807) is 6.92 Å². The predicted molar refractivity (Wildman–Crippen MR) is 77.8 cm³/mol. The van der Waals surface area contributed by atoms with Gasteiger partial charge in [-0.2, -0.15) is 0 Å². The molecular weight excluding hydrogens is 240 g/mol. The molecule has 1 amide bonds. The van der Waals surface area contributed by atoms with Gasteiger partial charge in [0, 0.05) is 0 Å². The molecule has 0 spiro atoms. The van der Waals surface area contributed by atoms with Crippen molar-refractivity contribution in [1.29, 1.82) is 0 Å². The summed E-state index contributed by atoms with van der Waals surface area (Å²) in [5, 5.41) is 2.65. The normalized spacial score (nSPS) is 12.7. The van der Waals surface area contributed by atoms with Crippen LogP contribution >= 0.6 is 0 Å². The number of hydrogen-bond donors (Lipinski definition) is 2. The van der Waals surface area contributed by atoms with Gasteiger partial charge in [-0.3, -0.25) is 9.59 Å². The fourth-order valence-electron chi connectivity index (χ4n) is 1.45. The highest BCUT2D eigenvalue weighted by atomic mass is 16.2. The highest BCUT2D eigenvalue weighted by molar-refractivity contribution is 5.89. The number of ketones is 1. The first-order chi connectivity index (χ1) is 9.00. The van der Waals surface area contributed by atoms with Gasteiger partial charge in [0.15, 0.2) is 5.78 Å². The lowest BCUT2D eigenvalue weighted by Gasteiger charge is -2.17. The Labute approximate surface area is 115 Å². The molecule has 0 bridgehead atoms. The van der Waals surface area contributed by atoms with Crippen molar-refractivity contribution >= 4 is 11.7 Å². The second kappa shape index (κ2) is 9.28. The molecule has 0 aliphatic rings. The average molecular weight is 264 g/mol. The lowest BCUT2D eigenvalue weighted by molar-refractivity contribution is -0.127. The summed E-state index contributed by atoms with van der Waals surface area (Å²) in [6.45, 7) is 7.06. The third-order valence-electron chi connectivity index (χ3n) is 2.50. The molecule has 1 aromatic rings. The molecule has 3 N–H and O–H groups in total. The van der Waals surface area contributed by atoms with E-state index in [1.807, 2.05) is 44.2 Å². The van der Waals surface area contributed by atoms with Gasteiger partial charge in [-0.1, -0.05) is 44.2 Å². The number of rotatable bonds is 5. The van der Waals surface area contributed by atoms with Gasteiger partial charge in [0.25, 0.3) is 0 Å². The van der Waals surface area contributed by atoms with E-state index in [1.165, 1.54) is 6.92 Å².